The summed E-state index contributed by atoms with van der Waals surface area (Å²) >= 11 is 3.38. The van der Waals surface area contributed by atoms with Gasteiger partial charge >= 0.3 is 0 Å². The lowest BCUT2D eigenvalue weighted by molar-refractivity contribution is -0.114. The van der Waals surface area contributed by atoms with Crippen molar-refractivity contribution in [1.82, 2.24) is 10.6 Å². The van der Waals surface area contributed by atoms with E-state index in [1.807, 2.05) is 32.0 Å². The smallest absolute Gasteiger partial charge is 0.246 e. The molecule has 1 aromatic carbocycles. The minimum atomic E-state index is -0.186. The van der Waals surface area contributed by atoms with Crippen molar-refractivity contribution in [2.24, 2.45) is 4.99 Å². The lowest BCUT2D eigenvalue weighted by Crippen LogP contribution is -2.38. The van der Waals surface area contributed by atoms with E-state index >= 15 is 0 Å². The van der Waals surface area contributed by atoms with Crippen molar-refractivity contribution >= 4 is 57.5 Å². The van der Waals surface area contributed by atoms with E-state index in [-0.39, 0.29) is 36.4 Å². The standard InChI is InChI=1S/C15H19BrN4O.HI/c1-4-8-18-15(17-5-2)19-10-14(21)20-13-9-12(16)7-6-11(13)3;/h1,6-7,9H,5,8,10H2,2-3H3,(H,20,21)(H2,17,18,19);1H. The second-order valence-electron chi connectivity index (χ2n) is 4.26. The highest BCUT2D eigenvalue weighted by atomic mass is 127. The number of carbonyl (C=O) groups is 1. The van der Waals surface area contributed by atoms with E-state index in [1.54, 1.807) is 0 Å². The molecule has 0 heterocycles. The molecule has 1 aromatic rings. The van der Waals surface area contributed by atoms with Crippen LogP contribution in [0.4, 0.5) is 5.69 Å². The third kappa shape index (κ3) is 7.66. The summed E-state index contributed by atoms with van der Waals surface area (Å²) < 4.78 is 0.913. The molecular formula is C15H20BrIN4O. The van der Waals surface area contributed by atoms with Crippen LogP contribution >= 0.6 is 39.9 Å². The Morgan fingerprint density at radius 1 is 1.41 bits per heavy atom. The Morgan fingerprint density at radius 3 is 2.77 bits per heavy atom. The Balaban J connectivity index is 0.00000441. The molecule has 0 aliphatic rings. The SMILES string of the molecule is C#CCNC(=NCC(=O)Nc1cc(Br)ccc1C)NCC.I. The van der Waals surface area contributed by atoms with E-state index in [4.69, 9.17) is 6.42 Å². The lowest BCUT2D eigenvalue weighted by atomic mass is 10.2. The number of guanidine groups is 1. The van der Waals surface area contributed by atoms with Crippen molar-refractivity contribution in [3.63, 3.8) is 0 Å². The van der Waals surface area contributed by atoms with Gasteiger partial charge in [0.15, 0.2) is 5.96 Å². The van der Waals surface area contributed by atoms with Crippen LogP contribution in [0, 0.1) is 19.3 Å². The number of terminal acetylenes is 1. The monoisotopic (exact) mass is 478 g/mol. The first-order valence-electron chi connectivity index (χ1n) is 6.58. The summed E-state index contributed by atoms with van der Waals surface area (Å²) in [5, 5.41) is 8.77. The first-order chi connectivity index (χ1) is 10.1. The zero-order chi connectivity index (χ0) is 15.7. The molecular weight excluding hydrogens is 459 g/mol. The van der Waals surface area contributed by atoms with Crippen LogP contribution < -0.4 is 16.0 Å². The normalized spacial score (nSPS) is 10.2. The predicted octanol–water partition coefficient (Wildman–Crippen LogP) is 2.50. The molecule has 0 spiro atoms. The number of hydrogen-bond acceptors (Lipinski definition) is 2. The third-order valence-corrected chi connectivity index (χ3v) is 3.05. The Labute approximate surface area is 156 Å². The van der Waals surface area contributed by atoms with Crippen LogP contribution in [0.3, 0.4) is 0 Å². The molecule has 5 nitrogen and oxygen atoms in total. The van der Waals surface area contributed by atoms with Crippen LogP contribution in [0.5, 0.6) is 0 Å². The van der Waals surface area contributed by atoms with E-state index in [1.165, 1.54) is 0 Å². The average Bonchev–Trinajstić information content (AvgIpc) is 2.46. The molecule has 0 aliphatic carbocycles. The number of aryl methyl sites for hydroxylation is 1. The molecule has 0 saturated carbocycles. The van der Waals surface area contributed by atoms with Gasteiger partial charge in [-0.15, -0.1) is 30.4 Å². The van der Waals surface area contributed by atoms with Crippen LogP contribution in [0.2, 0.25) is 0 Å². The highest BCUT2D eigenvalue weighted by Gasteiger charge is 2.05. The second-order valence-corrected chi connectivity index (χ2v) is 5.18. The Bertz CT molecular complexity index is 569. The van der Waals surface area contributed by atoms with Gasteiger partial charge in [-0.25, -0.2) is 4.99 Å². The van der Waals surface area contributed by atoms with Crippen LogP contribution in [-0.2, 0) is 4.79 Å². The molecule has 0 saturated heterocycles. The zero-order valence-electron chi connectivity index (χ0n) is 12.6. The third-order valence-electron chi connectivity index (χ3n) is 2.56. The van der Waals surface area contributed by atoms with Crippen molar-refractivity contribution in [3.8, 4) is 12.3 Å². The molecule has 0 radical (unpaired) electrons. The fraction of sp³-hybridized carbons (Fsp3) is 0.333. The maximum absolute atomic E-state index is 11.9. The predicted molar refractivity (Wildman–Crippen MR) is 106 cm³/mol. The first kappa shape index (κ1) is 20.7. The van der Waals surface area contributed by atoms with Crippen LogP contribution in [0.1, 0.15) is 12.5 Å². The number of hydrogen-bond donors (Lipinski definition) is 3. The van der Waals surface area contributed by atoms with Crippen molar-refractivity contribution in [3.05, 3.63) is 28.2 Å². The summed E-state index contributed by atoms with van der Waals surface area (Å²) in [4.78, 5) is 16.1. The average molecular weight is 479 g/mol. The highest BCUT2D eigenvalue weighted by Crippen LogP contribution is 2.20. The molecule has 0 fully saturated rings. The van der Waals surface area contributed by atoms with Crippen molar-refractivity contribution in [2.75, 3.05) is 25.0 Å². The molecule has 1 rings (SSSR count). The van der Waals surface area contributed by atoms with E-state index < -0.39 is 0 Å². The lowest BCUT2D eigenvalue weighted by Gasteiger charge is -2.10. The van der Waals surface area contributed by atoms with Gasteiger partial charge in [0.25, 0.3) is 0 Å². The maximum atomic E-state index is 11.9. The van der Waals surface area contributed by atoms with Crippen molar-refractivity contribution in [2.45, 2.75) is 13.8 Å². The summed E-state index contributed by atoms with van der Waals surface area (Å²) in [6, 6.07) is 5.72. The molecule has 22 heavy (non-hydrogen) atoms. The van der Waals surface area contributed by atoms with E-state index in [0.29, 0.717) is 19.0 Å². The van der Waals surface area contributed by atoms with E-state index in [9.17, 15) is 4.79 Å². The number of benzene rings is 1. The molecule has 120 valence electrons. The van der Waals surface area contributed by atoms with Gasteiger partial charge in [0.05, 0.1) is 6.54 Å². The Kier molecular flexibility index (Phi) is 10.7. The molecule has 1 amide bonds. The van der Waals surface area contributed by atoms with E-state index in [2.05, 4.69) is 42.8 Å². The van der Waals surface area contributed by atoms with Gasteiger partial charge in [0.2, 0.25) is 5.91 Å². The van der Waals surface area contributed by atoms with Crippen molar-refractivity contribution < 1.29 is 4.79 Å². The summed E-state index contributed by atoms with van der Waals surface area (Å²) in [5.41, 5.74) is 1.76. The van der Waals surface area contributed by atoms with Gasteiger partial charge in [-0.1, -0.05) is 27.9 Å². The van der Waals surface area contributed by atoms with Crippen LogP contribution in [-0.4, -0.2) is 31.5 Å². The summed E-state index contributed by atoms with van der Waals surface area (Å²) in [6.07, 6.45) is 5.18. The molecule has 0 aromatic heterocycles. The van der Waals surface area contributed by atoms with E-state index in [0.717, 1.165) is 15.7 Å². The van der Waals surface area contributed by atoms with Gasteiger partial charge in [0, 0.05) is 16.7 Å². The molecule has 0 unspecified atom stereocenters. The van der Waals surface area contributed by atoms with Gasteiger partial charge in [-0.05, 0) is 31.5 Å². The number of nitrogens with zero attached hydrogens (tertiary/aromatic N) is 1. The number of rotatable bonds is 5. The van der Waals surface area contributed by atoms with Crippen molar-refractivity contribution in [1.29, 1.82) is 0 Å². The van der Waals surface area contributed by atoms with Gasteiger partial charge in [0.1, 0.15) is 6.54 Å². The molecule has 0 atom stereocenters. The number of aliphatic imine (C=N–C) groups is 1. The maximum Gasteiger partial charge on any atom is 0.246 e. The van der Waals surface area contributed by atoms with Gasteiger partial charge in [-0.2, -0.15) is 0 Å². The topological polar surface area (TPSA) is 65.5 Å². The number of halogens is 2. The summed E-state index contributed by atoms with van der Waals surface area (Å²) in [6.45, 7) is 4.95. The van der Waals surface area contributed by atoms with Crippen LogP contribution in [0.15, 0.2) is 27.7 Å². The Morgan fingerprint density at radius 2 is 2.14 bits per heavy atom. The summed E-state index contributed by atoms with van der Waals surface area (Å²) in [5.74, 6) is 2.80. The molecule has 0 bridgehead atoms. The number of amides is 1. The second kappa shape index (κ2) is 11.3. The fourth-order valence-electron chi connectivity index (χ4n) is 1.55. The molecule has 0 aliphatic heterocycles. The number of carbonyl (C=O) groups excluding carboxylic acids is 1. The number of anilines is 1. The quantitative estimate of drug-likeness (QED) is 0.263. The largest absolute Gasteiger partial charge is 0.357 e. The summed E-state index contributed by atoms with van der Waals surface area (Å²) in [7, 11) is 0. The zero-order valence-corrected chi connectivity index (χ0v) is 16.5. The first-order valence-corrected chi connectivity index (χ1v) is 7.37. The minimum Gasteiger partial charge on any atom is -0.357 e. The van der Waals surface area contributed by atoms with Crippen LogP contribution in [0.25, 0.3) is 0 Å². The highest BCUT2D eigenvalue weighted by molar-refractivity contribution is 14.0. The molecule has 7 heteroatoms. The van der Waals surface area contributed by atoms with Gasteiger partial charge < -0.3 is 16.0 Å². The molecule has 3 N–H and O–H groups in total. The fourth-order valence-corrected chi connectivity index (χ4v) is 1.91. The van der Waals surface area contributed by atoms with Gasteiger partial charge in [-0.3, -0.25) is 4.79 Å². The number of nitrogens with one attached hydrogen (secondary N) is 3. The Hall–Kier alpha value is -1.27. The minimum absolute atomic E-state index is 0.